The summed E-state index contributed by atoms with van der Waals surface area (Å²) in [6.45, 7) is 7.96. The fourth-order valence-corrected chi connectivity index (χ4v) is 3.92. The van der Waals surface area contributed by atoms with Gasteiger partial charge in [0.15, 0.2) is 5.96 Å². The summed E-state index contributed by atoms with van der Waals surface area (Å²) >= 11 is 7.32. The molecule has 1 unspecified atom stereocenters. The van der Waals surface area contributed by atoms with Gasteiger partial charge in [-0.15, -0.1) is 11.3 Å². The predicted molar refractivity (Wildman–Crippen MR) is 109 cm³/mol. The van der Waals surface area contributed by atoms with Crippen molar-refractivity contribution >= 4 is 28.9 Å². The summed E-state index contributed by atoms with van der Waals surface area (Å²) in [7, 11) is 1.98. The number of aryl methyl sites for hydroxylation is 2. The van der Waals surface area contributed by atoms with Crippen LogP contribution >= 0.6 is 22.9 Å². The molecule has 0 spiro atoms. The Balaban J connectivity index is 2.07. The number of aromatic nitrogens is 2. The minimum absolute atomic E-state index is 0.372. The summed E-state index contributed by atoms with van der Waals surface area (Å²) in [5, 5.41) is 21.3. The fourth-order valence-electron chi connectivity index (χ4n) is 2.87. The Kier molecular flexibility index (Phi) is 7.93. The molecule has 2 heterocycles. The van der Waals surface area contributed by atoms with Gasteiger partial charge < -0.3 is 15.7 Å². The zero-order chi connectivity index (χ0) is 19.1. The number of hydrogen-bond donors (Lipinski definition) is 3. The molecule has 0 amide bonds. The van der Waals surface area contributed by atoms with E-state index in [1.807, 2.05) is 24.7 Å². The summed E-state index contributed by atoms with van der Waals surface area (Å²) in [5.74, 6) is 0.683. The smallest absolute Gasteiger partial charge is 0.191 e. The SMILES string of the molecule is CCNC(=NCc1c(CC)nn(C)c1CC)NCC(O)c1ccc(Cl)s1. The Morgan fingerprint density at radius 1 is 1.31 bits per heavy atom. The van der Waals surface area contributed by atoms with Crippen molar-refractivity contribution in [2.24, 2.45) is 12.0 Å². The first-order valence-electron chi connectivity index (χ1n) is 8.99. The molecule has 2 rings (SSSR count). The van der Waals surface area contributed by atoms with E-state index >= 15 is 0 Å². The van der Waals surface area contributed by atoms with E-state index in [1.165, 1.54) is 22.6 Å². The Hall–Kier alpha value is -1.57. The van der Waals surface area contributed by atoms with Gasteiger partial charge in [0, 0.05) is 36.3 Å². The third kappa shape index (κ3) is 5.22. The van der Waals surface area contributed by atoms with Crippen LogP contribution in [0.4, 0.5) is 0 Å². The molecule has 0 saturated carbocycles. The molecule has 6 nitrogen and oxygen atoms in total. The molecule has 144 valence electrons. The number of aliphatic hydroxyl groups excluding tert-OH is 1. The lowest BCUT2D eigenvalue weighted by atomic mass is 10.1. The predicted octanol–water partition coefficient (Wildman–Crippen LogP) is 3.05. The number of hydrogen-bond acceptors (Lipinski definition) is 4. The molecule has 0 fully saturated rings. The molecule has 26 heavy (non-hydrogen) atoms. The first-order valence-corrected chi connectivity index (χ1v) is 10.2. The van der Waals surface area contributed by atoms with Crippen molar-refractivity contribution < 1.29 is 5.11 Å². The Labute approximate surface area is 164 Å². The van der Waals surface area contributed by atoms with E-state index in [4.69, 9.17) is 16.6 Å². The molecule has 0 bridgehead atoms. The standard InChI is InChI=1S/C18H28ClN5OS/c1-5-13-12(14(6-2)24(4)23-13)10-21-18(20-7-3)22-11-15(25)16-8-9-17(19)26-16/h8-9,15,25H,5-7,10-11H2,1-4H3,(H2,20,21,22). The van der Waals surface area contributed by atoms with Gasteiger partial charge in [0.05, 0.1) is 16.6 Å². The highest BCUT2D eigenvalue weighted by Gasteiger charge is 2.14. The van der Waals surface area contributed by atoms with Gasteiger partial charge in [-0.25, -0.2) is 4.99 Å². The van der Waals surface area contributed by atoms with Crippen molar-refractivity contribution in [3.05, 3.63) is 38.3 Å². The molecule has 0 aliphatic rings. The molecule has 0 aliphatic carbocycles. The maximum absolute atomic E-state index is 10.3. The topological polar surface area (TPSA) is 74.5 Å². The zero-order valence-electron chi connectivity index (χ0n) is 15.8. The number of halogens is 1. The summed E-state index contributed by atoms with van der Waals surface area (Å²) in [6, 6.07) is 3.64. The maximum Gasteiger partial charge on any atom is 0.191 e. The molecule has 0 radical (unpaired) electrons. The van der Waals surface area contributed by atoms with Crippen LogP contribution < -0.4 is 10.6 Å². The summed E-state index contributed by atoms with van der Waals surface area (Å²) in [6.07, 6.45) is 1.20. The van der Waals surface area contributed by atoms with Crippen LogP contribution in [-0.4, -0.2) is 33.9 Å². The van der Waals surface area contributed by atoms with E-state index in [-0.39, 0.29) is 0 Å². The van der Waals surface area contributed by atoms with Crippen molar-refractivity contribution in [1.82, 2.24) is 20.4 Å². The minimum atomic E-state index is -0.618. The number of nitrogens with zero attached hydrogens (tertiary/aromatic N) is 3. The van der Waals surface area contributed by atoms with Gasteiger partial charge >= 0.3 is 0 Å². The Morgan fingerprint density at radius 3 is 2.65 bits per heavy atom. The second-order valence-electron chi connectivity index (χ2n) is 5.94. The van der Waals surface area contributed by atoms with Crippen LogP contribution in [0.5, 0.6) is 0 Å². The van der Waals surface area contributed by atoms with Gasteiger partial charge in [0.1, 0.15) is 6.10 Å². The van der Waals surface area contributed by atoms with E-state index < -0.39 is 6.10 Å². The number of aliphatic imine (C=N–C) groups is 1. The average Bonchev–Trinajstić information content (AvgIpc) is 3.19. The number of aliphatic hydroxyl groups is 1. The third-order valence-corrected chi connectivity index (χ3v) is 5.48. The normalized spacial score (nSPS) is 13.1. The molecular formula is C18H28ClN5OS. The highest BCUT2D eigenvalue weighted by atomic mass is 35.5. The lowest BCUT2D eigenvalue weighted by molar-refractivity contribution is 0.184. The Bertz CT molecular complexity index is 740. The van der Waals surface area contributed by atoms with Crippen LogP contribution in [-0.2, 0) is 26.4 Å². The monoisotopic (exact) mass is 397 g/mol. The molecule has 0 aliphatic heterocycles. The van der Waals surface area contributed by atoms with Crippen molar-refractivity contribution in [2.45, 2.75) is 46.3 Å². The molecule has 2 aromatic rings. The van der Waals surface area contributed by atoms with E-state index in [1.54, 1.807) is 6.07 Å². The van der Waals surface area contributed by atoms with Gasteiger partial charge in [-0.3, -0.25) is 4.68 Å². The zero-order valence-corrected chi connectivity index (χ0v) is 17.4. The lowest BCUT2D eigenvalue weighted by Crippen LogP contribution is -2.39. The molecule has 1 atom stereocenters. The van der Waals surface area contributed by atoms with Crippen LogP contribution in [0.1, 0.15) is 48.7 Å². The van der Waals surface area contributed by atoms with Gasteiger partial charge in [-0.2, -0.15) is 5.10 Å². The maximum atomic E-state index is 10.3. The molecule has 0 saturated heterocycles. The second kappa shape index (κ2) is 9.94. The van der Waals surface area contributed by atoms with Crippen LogP contribution in [0.15, 0.2) is 17.1 Å². The highest BCUT2D eigenvalue weighted by Crippen LogP contribution is 2.26. The van der Waals surface area contributed by atoms with Crippen LogP contribution in [0.25, 0.3) is 0 Å². The summed E-state index contributed by atoms with van der Waals surface area (Å²) in [4.78, 5) is 5.53. The van der Waals surface area contributed by atoms with Crippen molar-refractivity contribution in [3.63, 3.8) is 0 Å². The molecule has 3 N–H and O–H groups in total. The molecule has 0 aromatic carbocycles. The third-order valence-electron chi connectivity index (χ3n) is 4.15. The first-order chi connectivity index (χ1) is 12.5. The lowest BCUT2D eigenvalue weighted by Gasteiger charge is -2.14. The number of thiophene rings is 1. The molecular weight excluding hydrogens is 370 g/mol. The minimum Gasteiger partial charge on any atom is -0.386 e. The average molecular weight is 398 g/mol. The van der Waals surface area contributed by atoms with Crippen LogP contribution in [0.3, 0.4) is 0 Å². The van der Waals surface area contributed by atoms with Crippen LogP contribution in [0.2, 0.25) is 4.34 Å². The number of nitrogens with one attached hydrogen (secondary N) is 2. The van der Waals surface area contributed by atoms with Crippen molar-refractivity contribution in [1.29, 1.82) is 0 Å². The van der Waals surface area contributed by atoms with Crippen molar-refractivity contribution in [2.75, 3.05) is 13.1 Å². The highest BCUT2D eigenvalue weighted by molar-refractivity contribution is 7.16. The quantitative estimate of drug-likeness (QED) is 0.472. The van der Waals surface area contributed by atoms with E-state index in [0.29, 0.717) is 23.4 Å². The fraction of sp³-hybridized carbons (Fsp3) is 0.556. The van der Waals surface area contributed by atoms with Crippen molar-refractivity contribution in [3.8, 4) is 0 Å². The van der Waals surface area contributed by atoms with Gasteiger partial charge in [0.2, 0.25) is 0 Å². The number of guanidine groups is 1. The van der Waals surface area contributed by atoms with E-state index in [0.717, 1.165) is 30.0 Å². The van der Waals surface area contributed by atoms with Gasteiger partial charge in [-0.1, -0.05) is 25.4 Å². The van der Waals surface area contributed by atoms with Crippen LogP contribution in [0, 0.1) is 0 Å². The largest absolute Gasteiger partial charge is 0.386 e. The second-order valence-corrected chi connectivity index (χ2v) is 7.68. The molecule has 8 heteroatoms. The molecule has 2 aromatic heterocycles. The summed E-state index contributed by atoms with van der Waals surface area (Å²) in [5.41, 5.74) is 3.51. The Morgan fingerprint density at radius 2 is 2.08 bits per heavy atom. The van der Waals surface area contributed by atoms with E-state index in [2.05, 4.69) is 29.6 Å². The summed E-state index contributed by atoms with van der Waals surface area (Å²) < 4.78 is 2.63. The van der Waals surface area contributed by atoms with E-state index in [9.17, 15) is 5.11 Å². The van der Waals surface area contributed by atoms with Gasteiger partial charge in [0.25, 0.3) is 0 Å². The van der Waals surface area contributed by atoms with Gasteiger partial charge in [-0.05, 0) is 31.9 Å². The number of rotatable bonds is 8. The first kappa shape index (κ1) is 20.7.